The van der Waals surface area contributed by atoms with Gasteiger partial charge in [0.25, 0.3) is 0 Å². The van der Waals surface area contributed by atoms with Gasteiger partial charge in [-0.25, -0.2) is 8.42 Å². The number of rotatable bonds is 9. The number of nitrogens with one attached hydrogen (secondary N) is 1. The Bertz CT molecular complexity index is 982. The van der Waals surface area contributed by atoms with Crippen molar-refractivity contribution in [2.75, 3.05) is 30.1 Å². The number of para-hydroxylation sites is 1. The SMILES string of the molecule is CCc1cccc(CC)c1NC(=O)C(C)N(c1ccc(OC)c(OC)c1)S(C)(=O)=O. The number of anilines is 2. The number of benzene rings is 2. The normalized spacial score (nSPS) is 12.2. The van der Waals surface area contributed by atoms with Crippen LogP contribution in [0.1, 0.15) is 31.9 Å². The number of hydrogen-bond donors (Lipinski definition) is 1. The van der Waals surface area contributed by atoms with Gasteiger partial charge in [-0.05, 0) is 43.0 Å². The number of aryl methyl sites for hydroxylation is 2. The summed E-state index contributed by atoms with van der Waals surface area (Å²) in [6, 6.07) is 9.64. The van der Waals surface area contributed by atoms with Gasteiger partial charge in [0.05, 0.1) is 26.2 Å². The van der Waals surface area contributed by atoms with Crippen LogP contribution in [0.3, 0.4) is 0 Å². The lowest BCUT2D eigenvalue weighted by Crippen LogP contribution is -2.45. The van der Waals surface area contributed by atoms with Crippen molar-refractivity contribution in [1.82, 2.24) is 0 Å². The molecule has 30 heavy (non-hydrogen) atoms. The minimum absolute atomic E-state index is 0.317. The van der Waals surface area contributed by atoms with E-state index in [4.69, 9.17) is 9.47 Å². The van der Waals surface area contributed by atoms with Crippen molar-refractivity contribution in [3.63, 3.8) is 0 Å². The molecule has 2 aromatic carbocycles. The second-order valence-corrected chi connectivity index (χ2v) is 8.78. The molecule has 0 bridgehead atoms. The Hall–Kier alpha value is -2.74. The molecule has 0 fully saturated rings. The van der Waals surface area contributed by atoms with Crippen LogP contribution in [0.4, 0.5) is 11.4 Å². The Morgan fingerprint density at radius 2 is 1.60 bits per heavy atom. The van der Waals surface area contributed by atoms with E-state index in [1.54, 1.807) is 25.1 Å². The molecule has 8 heteroatoms. The first kappa shape index (κ1) is 23.5. The fraction of sp³-hybridized carbons (Fsp3) is 0.409. The van der Waals surface area contributed by atoms with Gasteiger partial charge >= 0.3 is 0 Å². The summed E-state index contributed by atoms with van der Waals surface area (Å²) in [7, 11) is -0.787. The minimum atomic E-state index is -3.75. The number of sulfonamides is 1. The molecule has 0 aromatic heterocycles. The van der Waals surface area contributed by atoms with Gasteiger partial charge in [0.2, 0.25) is 15.9 Å². The number of ether oxygens (including phenoxy) is 2. The first-order chi connectivity index (χ1) is 14.2. The van der Waals surface area contributed by atoms with E-state index in [9.17, 15) is 13.2 Å². The van der Waals surface area contributed by atoms with Crippen molar-refractivity contribution in [3.8, 4) is 11.5 Å². The zero-order valence-electron chi connectivity index (χ0n) is 18.4. The predicted molar refractivity (Wildman–Crippen MR) is 120 cm³/mol. The highest BCUT2D eigenvalue weighted by molar-refractivity contribution is 7.92. The first-order valence-electron chi connectivity index (χ1n) is 9.80. The van der Waals surface area contributed by atoms with Crippen LogP contribution < -0.4 is 19.1 Å². The number of hydrogen-bond acceptors (Lipinski definition) is 5. The standard InChI is InChI=1S/C22H30N2O5S/c1-7-16-10-9-11-17(8-2)21(16)23-22(25)15(3)24(30(6,26)27)18-12-13-19(28-4)20(14-18)29-5/h9-15H,7-8H2,1-6H3,(H,23,25). The molecule has 1 unspecified atom stereocenters. The van der Waals surface area contributed by atoms with Crippen LogP contribution in [0.15, 0.2) is 36.4 Å². The van der Waals surface area contributed by atoms with Crippen LogP contribution in [0, 0.1) is 0 Å². The summed E-state index contributed by atoms with van der Waals surface area (Å²) in [5.41, 5.74) is 3.08. The molecular weight excluding hydrogens is 404 g/mol. The number of nitrogens with zero attached hydrogens (tertiary/aromatic N) is 1. The van der Waals surface area contributed by atoms with Crippen molar-refractivity contribution in [1.29, 1.82) is 0 Å². The largest absolute Gasteiger partial charge is 0.493 e. The second kappa shape index (κ2) is 9.84. The van der Waals surface area contributed by atoms with Gasteiger partial charge in [-0.3, -0.25) is 9.10 Å². The van der Waals surface area contributed by atoms with Crippen molar-refractivity contribution in [2.45, 2.75) is 39.7 Å². The molecule has 1 atom stereocenters. The first-order valence-corrected chi connectivity index (χ1v) is 11.7. The molecule has 1 amide bonds. The summed E-state index contributed by atoms with van der Waals surface area (Å²) in [5.74, 6) is 0.433. The van der Waals surface area contributed by atoms with Crippen LogP contribution in [-0.2, 0) is 27.7 Å². The predicted octanol–water partition coefficient (Wildman–Crippen LogP) is 3.62. The van der Waals surface area contributed by atoms with E-state index >= 15 is 0 Å². The lowest BCUT2D eigenvalue weighted by Gasteiger charge is -2.29. The molecule has 164 valence electrons. The molecule has 0 aliphatic carbocycles. The summed E-state index contributed by atoms with van der Waals surface area (Å²) >= 11 is 0. The fourth-order valence-corrected chi connectivity index (χ4v) is 4.57. The van der Waals surface area contributed by atoms with Crippen LogP contribution in [-0.4, -0.2) is 40.8 Å². The highest BCUT2D eigenvalue weighted by atomic mass is 32.2. The van der Waals surface area contributed by atoms with E-state index in [2.05, 4.69) is 5.32 Å². The van der Waals surface area contributed by atoms with Gasteiger partial charge in [0.15, 0.2) is 11.5 Å². The minimum Gasteiger partial charge on any atom is -0.493 e. The molecule has 2 rings (SSSR count). The van der Waals surface area contributed by atoms with Crippen LogP contribution >= 0.6 is 0 Å². The van der Waals surface area contributed by atoms with Crippen LogP contribution in [0.5, 0.6) is 11.5 Å². The molecule has 0 spiro atoms. The second-order valence-electron chi connectivity index (χ2n) is 6.92. The molecule has 0 radical (unpaired) electrons. The molecule has 7 nitrogen and oxygen atoms in total. The fourth-order valence-electron chi connectivity index (χ4n) is 3.40. The molecule has 2 aromatic rings. The maximum Gasteiger partial charge on any atom is 0.248 e. The third-order valence-corrected chi connectivity index (χ3v) is 6.20. The Morgan fingerprint density at radius 1 is 1.03 bits per heavy atom. The van der Waals surface area contributed by atoms with Gasteiger partial charge in [0.1, 0.15) is 6.04 Å². The van der Waals surface area contributed by atoms with Gasteiger partial charge in [0, 0.05) is 11.8 Å². The summed E-state index contributed by atoms with van der Waals surface area (Å²) in [5, 5.41) is 2.95. The number of carbonyl (C=O) groups excluding carboxylic acids is 1. The van der Waals surface area contributed by atoms with Crippen molar-refractivity contribution < 1.29 is 22.7 Å². The topological polar surface area (TPSA) is 84.9 Å². The van der Waals surface area contributed by atoms with Crippen molar-refractivity contribution in [3.05, 3.63) is 47.5 Å². The lowest BCUT2D eigenvalue weighted by molar-refractivity contribution is -0.116. The number of carbonyl (C=O) groups is 1. The average Bonchev–Trinajstić information content (AvgIpc) is 2.72. The molecule has 0 heterocycles. The highest BCUT2D eigenvalue weighted by Crippen LogP contribution is 2.33. The van der Waals surface area contributed by atoms with Crippen molar-refractivity contribution >= 4 is 27.3 Å². The van der Waals surface area contributed by atoms with Crippen LogP contribution in [0.2, 0.25) is 0 Å². The smallest absolute Gasteiger partial charge is 0.248 e. The summed E-state index contributed by atoms with van der Waals surface area (Å²) in [6.45, 7) is 5.59. The number of methoxy groups -OCH3 is 2. The maximum absolute atomic E-state index is 13.1. The molecule has 0 aliphatic heterocycles. The van der Waals surface area contributed by atoms with Gasteiger partial charge in [-0.1, -0.05) is 32.0 Å². The van der Waals surface area contributed by atoms with Gasteiger partial charge in [-0.2, -0.15) is 0 Å². The quantitative estimate of drug-likeness (QED) is 0.652. The highest BCUT2D eigenvalue weighted by Gasteiger charge is 2.30. The average molecular weight is 435 g/mol. The van der Waals surface area contributed by atoms with Crippen LogP contribution in [0.25, 0.3) is 0 Å². The molecule has 0 aliphatic rings. The maximum atomic E-state index is 13.1. The molecule has 0 saturated heterocycles. The van der Waals surface area contributed by atoms with E-state index in [-0.39, 0.29) is 0 Å². The summed E-state index contributed by atoms with van der Waals surface area (Å²) < 4.78 is 36.8. The third kappa shape index (κ3) is 5.05. The van der Waals surface area contributed by atoms with E-state index in [1.165, 1.54) is 14.2 Å². The zero-order chi connectivity index (χ0) is 22.5. The Balaban J connectivity index is 2.44. The number of amides is 1. The van der Waals surface area contributed by atoms with E-state index < -0.39 is 22.0 Å². The summed E-state index contributed by atoms with van der Waals surface area (Å²) in [6.07, 6.45) is 2.58. The Morgan fingerprint density at radius 3 is 2.07 bits per heavy atom. The van der Waals surface area contributed by atoms with E-state index in [1.807, 2.05) is 32.0 Å². The molecule has 1 N–H and O–H groups in total. The molecule has 0 saturated carbocycles. The van der Waals surface area contributed by atoms with Gasteiger partial charge < -0.3 is 14.8 Å². The summed E-state index contributed by atoms with van der Waals surface area (Å²) in [4.78, 5) is 13.1. The van der Waals surface area contributed by atoms with Crippen molar-refractivity contribution in [2.24, 2.45) is 0 Å². The molecular formula is C22H30N2O5S. The lowest BCUT2D eigenvalue weighted by atomic mass is 10.0. The zero-order valence-corrected chi connectivity index (χ0v) is 19.2. The monoisotopic (exact) mass is 434 g/mol. The van der Waals surface area contributed by atoms with Gasteiger partial charge in [-0.15, -0.1) is 0 Å². The Kier molecular flexibility index (Phi) is 7.72. The third-order valence-electron chi connectivity index (χ3n) is 4.96. The Labute approximate surface area is 179 Å². The van der Waals surface area contributed by atoms with E-state index in [0.717, 1.165) is 40.2 Å². The van der Waals surface area contributed by atoms with E-state index in [0.29, 0.717) is 17.2 Å².